The molecule has 0 aliphatic carbocycles. The maximum atomic E-state index is 13.0. The van der Waals surface area contributed by atoms with Crippen molar-refractivity contribution in [2.45, 2.75) is 19.6 Å². The van der Waals surface area contributed by atoms with Crippen LogP contribution in [0.1, 0.15) is 12.5 Å². The Bertz CT molecular complexity index is 488. The molecule has 0 radical (unpaired) electrons. The molecule has 1 aliphatic heterocycles. The van der Waals surface area contributed by atoms with Crippen molar-refractivity contribution in [3.63, 3.8) is 0 Å². The van der Waals surface area contributed by atoms with Gasteiger partial charge >= 0.3 is 0 Å². The number of aliphatic hydroxyl groups excluding tert-OH is 1. The third-order valence-corrected chi connectivity index (χ3v) is 3.80. The summed E-state index contributed by atoms with van der Waals surface area (Å²) in [6, 6.07) is 4.39. The molecule has 1 aromatic carbocycles. The van der Waals surface area contributed by atoms with Gasteiger partial charge in [0.2, 0.25) is 0 Å². The van der Waals surface area contributed by atoms with E-state index in [1.165, 1.54) is 19.1 Å². The van der Waals surface area contributed by atoms with Gasteiger partial charge in [0.25, 0.3) is 5.91 Å². The molecule has 1 atom stereocenters. The van der Waals surface area contributed by atoms with E-state index in [0.29, 0.717) is 37.7 Å². The van der Waals surface area contributed by atoms with Crippen LogP contribution in [0.5, 0.6) is 0 Å². The number of benzene rings is 1. The van der Waals surface area contributed by atoms with Gasteiger partial charge in [-0.25, -0.2) is 4.39 Å². The molecule has 1 unspecified atom stereocenters. The molecule has 1 saturated heterocycles. The first-order chi connectivity index (χ1) is 9.47. The molecular formula is C14H18ClFN2O2. The number of amides is 1. The van der Waals surface area contributed by atoms with E-state index in [1.807, 2.05) is 0 Å². The summed E-state index contributed by atoms with van der Waals surface area (Å²) in [4.78, 5) is 15.5. The van der Waals surface area contributed by atoms with Gasteiger partial charge in [-0.2, -0.15) is 0 Å². The summed E-state index contributed by atoms with van der Waals surface area (Å²) in [6.45, 7) is 4.71. The average molecular weight is 301 g/mol. The highest BCUT2D eigenvalue weighted by molar-refractivity contribution is 6.31. The molecule has 1 N–H and O–H groups in total. The van der Waals surface area contributed by atoms with Crippen molar-refractivity contribution in [3.8, 4) is 0 Å². The molecule has 4 nitrogen and oxygen atoms in total. The molecule has 20 heavy (non-hydrogen) atoms. The van der Waals surface area contributed by atoms with E-state index in [0.717, 1.165) is 5.56 Å². The minimum absolute atomic E-state index is 0.232. The van der Waals surface area contributed by atoms with Crippen molar-refractivity contribution in [1.29, 1.82) is 0 Å². The summed E-state index contributed by atoms with van der Waals surface area (Å²) >= 11 is 6.01. The molecule has 1 heterocycles. The van der Waals surface area contributed by atoms with Crippen LogP contribution in [0.2, 0.25) is 5.02 Å². The maximum Gasteiger partial charge on any atom is 0.251 e. The lowest BCUT2D eigenvalue weighted by atomic mass is 10.2. The lowest BCUT2D eigenvalue weighted by molar-refractivity contribution is -0.141. The average Bonchev–Trinajstić information content (AvgIpc) is 2.42. The highest BCUT2D eigenvalue weighted by Gasteiger charge is 2.23. The van der Waals surface area contributed by atoms with Crippen LogP contribution < -0.4 is 0 Å². The first kappa shape index (κ1) is 15.2. The number of hydrogen-bond donors (Lipinski definition) is 1. The Morgan fingerprint density at radius 2 is 2.05 bits per heavy atom. The van der Waals surface area contributed by atoms with Crippen molar-refractivity contribution in [2.75, 3.05) is 26.2 Å². The number of carbonyl (C=O) groups is 1. The molecule has 1 aromatic rings. The van der Waals surface area contributed by atoms with Crippen LogP contribution in [0.15, 0.2) is 18.2 Å². The normalized spacial score (nSPS) is 18.1. The predicted molar refractivity (Wildman–Crippen MR) is 74.9 cm³/mol. The molecule has 0 spiro atoms. The predicted octanol–water partition coefficient (Wildman–Crippen LogP) is 1.50. The van der Waals surface area contributed by atoms with Gasteiger partial charge in [0.05, 0.1) is 0 Å². The van der Waals surface area contributed by atoms with E-state index in [9.17, 15) is 14.3 Å². The minimum atomic E-state index is -0.951. The molecule has 0 bridgehead atoms. The number of carbonyl (C=O) groups excluding carboxylic acids is 1. The van der Waals surface area contributed by atoms with Gasteiger partial charge in [0, 0.05) is 37.7 Å². The Hall–Kier alpha value is -1.17. The number of aliphatic hydroxyl groups is 1. The Labute approximate surface area is 122 Å². The number of rotatable bonds is 3. The first-order valence-corrected chi connectivity index (χ1v) is 6.98. The highest BCUT2D eigenvalue weighted by atomic mass is 35.5. The SMILES string of the molecule is CC(O)C(=O)N1CCN(Cc2ccc(F)cc2Cl)CC1. The van der Waals surface area contributed by atoms with Crippen LogP contribution in [-0.4, -0.2) is 53.1 Å². The molecule has 110 valence electrons. The van der Waals surface area contributed by atoms with Gasteiger partial charge in [-0.1, -0.05) is 17.7 Å². The van der Waals surface area contributed by atoms with Crippen LogP contribution in [0, 0.1) is 5.82 Å². The zero-order valence-electron chi connectivity index (χ0n) is 11.4. The quantitative estimate of drug-likeness (QED) is 0.920. The second-order valence-corrected chi connectivity index (χ2v) is 5.42. The van der Waals surface area contributed by atoms with E-state index in [-0.39, 0.29) is 11.7 Å². The molecule has 2 rings (SSSR count). The van der Waals surface area contributed by atoms with Gasteiger partial charge in [-0.15, -0.1) is 0 Å². The summed E-state index contributed by atoms with van der Waals surface area (Å²) in [7, 11) is 0. The van der Waals surface area contributed by atoms with Crippen molar-refractivity contribution in [3.05, 3.63) is 34.6 Å². The zero-order chi connectivity index (χ0) is 14.7. The monoisotopic (exact) mass is 300 g/mol. The third kappa shape index (κ3) is 3.69. The van der Waals surface area contributed by atoms with Crippen molar-refractivity contribution < 1.29 is 14.3 Å². The first-order valence-electron chi connectivity index (χ1n) is 6.60. The fourth-order valence-corrected chi connectivity index (χ4v) is 2.51. The second-order valence-electron chi connectivity index (χ2n) is 5.01. The van der Waals surface area contributed by atoms with Gasteiger partial charge in [-0.3, -0.25) is 9.69 Å². The van der Waals surface area contributed by atoms with E-state index < -0.39 is 6.10 Å². The molecule has 0 aromatic heterocycles. The van der Waals surface area contributed by atoms with Crippen molar-refractivity contribution in [1.82, 2.24) is 9.80 Å². The van der Waals surface area contributed by atoms with E-state index in [4.69, 9.17) is 11.6 Å². The Balaban J connectivity index is 1.90. The zero-order valence-corrected chi connectivity index (χ0v) is 12.1. The second kappa shape index (κ2) is 6.52. The summed E-state index contributed by atoms with van der Waals surface area (Å²) in [5.74, 6) is -0.574. The fraction of sp³-hybridized carbons (Fsp3) is 0.500. The molecule has 6 heteroatoms. The Morgan fingerprint density at radius 3 is 2.60 bits per heavy atom. The minimum Gasteiger partial charge on any atom is -0.384 e. The smallest absolute Gasteiger partial charge is 0.251 e. The van der Waals surface area contributed by atoms with Crippen LogP contribution in [0.25, 0.3) is 0 Å². The van der Waals surface area contributed by atoms with Crippen molar-refractivity contribution >= 4 is 17.5 Å². The van der Waals surface area contributed by atoms with Gasteiger partial charge in [0.1, 0.15) is 11.9 Å². The molecule has 1 fully saturated rings. The van der Waals surface area contributed by atoms with Crippen LogP contribution in [-0.2, 0) is 11.3 Å². The summed E-state index contributed by atoms with van der Waals surface area (Å²) in [5, 5.41) is 9.70. The largest absolute Gasteiger partial charge is 0.384 e. The highest BCUT2D eigenvalue weighted by Crippen LogP contribution is 2.19. The van der Waals surface area contributed by atoms with Gasteiger partial charge < -0.3 is 10.0 Å². The molecule has 0 saturated carbocycles. The number of hydrogen-bond acceptors (Lipinski definition) is 3. The fourth-order valence-electron chi connectivity index (χ4n) is 2.28. The summed E-state index contributed by atoms with van der Waals surface area (Å²) < 4.78 is 13.0. The van der Waals surface area contributed by atoms with Gasteiger partial charge in [0.15, 0.2) is 0 Å². The number of halogens is 2. The Kier molecular flexibility index (Phi) is 4.96. The topological polar surface area (TPSA) is 43.8 Å². The Morgan fingerprint density at radius 1 is 1.40 bits per heavy atom. The van der Waals surface area contributed by atoms with Crippen LogP contribution in [0.3, 0.4) is 0 Å². The maximum absolute atomic E-state index is 13.0. The van der Waals surface area contributed by atoms with Crippen LogP contribution >= 0.6 is 11.6 Å². The van der Waals surface area contributed by atoms with E-state index in [1.54, 1.807) is 11.0 Å². The molecule has 1 amide bonds. The third-order valence-electron chi connectivity index (χ3n) is 3.45. The lowest BCUT2D eigenvalue weighted by Gasteiger charge is -2.35. The van der Waals surface area contributed by atoms with Gasteiger partial charge in [-0.05, 0) is 24.6 Å². The lowest BCUT2D eigenvalue weighted by Crippen LogP contribution is -2.50. The summed E-state index contributed by atoms with van der Waals surface area (Å²) in [6.07, 6.45) is -0.951. The van der Waals surface area contributed by atoms with Crippen molar-refractivity contribution in [2.24, 2.45) is 0 Å². The standard InChI is InChI=1S/C14H18ClFN2O2/c1-10(19)14(20)18-6-4-17(5-7-18)9-11-2-3-12(16)8-13(11)15/h2-3,8,10,19H,4-7,9H2,1H3. The molecular weight excluding hydrogens is 283 g/mol. The van der Waals surface area contributed by atoms with E-state index in [2.05, 4.69) is 4.90 Å². The summed E-state index contributed by atoms with van der Waals surface area (Å²) in [5.41, 5.74) is 0.878. The van der Waals surface area contributed by atoms with Crippen LogP contribution in [0.4, 0.5) is 4.39 Å². The molecule has 1 aliphatic rings. The van der Waals surface area contributed by atoms with E-state index >= 15 is 0 Å². The number of nitrogens with zero attached hydrogens (tertiary/aromatic N) is 2. The number of piperazine rings is 1.